The summed E-state index contributed by atoms with van der Waals surface area (Å²) in [5.41, 5.74) is 5.90. The average molecular weight is 330 g/mol. The number of nitrogens with two attached hydrogens (primary N) is 1. The predicted molar refractivity (Wildman–Crippen MR) is 86.7 cm³/mol. The number of benzene rings is 1. The van der Waals surface area contributed by atoms with Crippen LogP contribution in [0.4, 0.5) is 5.69 Å². The zero-order chi connectivity index (χ0) is 15.7. The van der Waals surface area contributed by atoms with Crippen LogP contribution in [-0.2, 0) is 10.0 Å². The summed E-state index contributed by atoms with van der Waals surface area (Å²) < 4.78 is 26.8. The molecule has 2 unspecified atom stereocenters. The lowest BCUT2D eigenvalue weighted by Crippen LogP contribution is -2.61. The molecule has 7 heteroatoms. The molecule has 0 spiro atoms. The maximum Gasteiger partial charge on any atom is 0.212 e. The smallest absolute Gasteiger partial charge is 0.212 e. The van der Waals surface area contributed by atoms with Crippen LogP contribution in [0.3, 0.4) is 0 Å². The molecule has 0 heterocycles. The molecular formula is C14H22N2O3S2. The van der Waals surface area contributed by atoms with Gasteiger partial charge in [0, 0.05) is 27.8 Å². The number of nitrogens with one attached hydrogen (secondary N) is 1. The quantitative estimate of drug-likeness (QED) is 0.542. The van der Waals surface area contributed by atoms with Crippen LogP contribution in [0.5, 0.6) is 0 Å². The summed E-state index contributed by atoms with van der Waals surface area (Å²) in [4.78, 5) is 0.999. The van der Waals surface area contributed by atoms with E-state index in [1.54, 1.807) is 12.1 Å². The van der Waals surface area contributed by atoms with Gasteiger partial charge in [-0.1, -0.05) is 13.8 Å². The van der Waals surface area contributed by atoms with Crippen LogP contribution in [0.2, 0.25) is 0 Å². The molecule has 1 fully saturated rings. The summed E-state index contributed by atoms with van der Waals surface area (Å²) >= 11 is 1.49. The Morgan fingerprint density at radius 2 is 2.00 bits per heavy atom. The monoisotopic (exact) mass is 330 g/mol. The molecule has 1 aromatic rings. The zero-order valence-electron chi connectivity index (χ0n) is 12.2. The van der Waals surface area contributed by atoms with Crippen LogP contribution in [0.15, 0.2) is 29.2 Å². The van der Waals surface area contributed by atoms with Crippen LogP contribution >= 0.6 is 11.8 Å². The van der Waals surface area contributed by atoms with Crippen molar-refractivity contribution in [1.29, 1.82) is 0 Å². The fourth-order valence-electron chi connectivity index (χ4n) is 2.21. The first-order chi connectivity index (χ1) is 9.71. The summed E-state index contributed by atoms with van der Waals surface area (Å²) in [5, 5.41) is 9.64. The Bertz CT molecular complexity index is 585. The summed E-state index contributed by atoms with van der Waals surface area (Å²) in [6.07, 6.45) is 0.0477. The molecule has 2 rings (SSSR count). The van der Waals surface area contributed by atoms with Gasteiger partial charge in [0.05, 0.1) is 11.9 Å². The lowest BCUT2D eigenvalue weighted by Gasteiger charge is -2.49. The van der Waals surface area contributed by atoms with Crippen LogP contribution in [-0.4, -0.2) is 37.2 Å². The third kappa shape index (κ3) is 4.12. The van der Waals surface area contributed by atoms with Crippen LogP contribution in [0, 0.1) is 5.41 Å². The summed E-state index contributed by atoms with van der Waals surface area (Å²) in [6.45, 7) is 3.74. The molecule has 0 bridgehead atoms. The molecule has 0 aliphatic heterocycles. The molecule has 4 N–H and O–H groups in total. The molecule has 1 aliphatic carbocycles. The van der Waals surface area contributed by atoms with Gasteiger partial charge < -0.3 is 10.8 Å². The number of hydrogen-bond donors (Lipinski definition) is 3. The number of rotatable bonds is 6. The van der Waals surface area contributed by atoms with Gasteiger partial charge in [-0.15, -0.1) is 11.8 Å². The number of anilines is 1. The second kappa shape index (κ2) is 6.16. The molecule has 21 heavy (non-hydrogen) atoms. The van der Waals surface area contributed by atoms with E-state index in [0.717, 1.165) is 4.90 Å². The zero-order valence-corrected chi connectivity index (χ0v) is 13.9. The van der Waals surface area contributed by atoms with Gasteiger partial charge in [-0.3, -0.25) is 0 Å². The van der Waals surface area contributed by atoms with Gasteiger partial charge in [0.15, 0.2) is 0 Å². The molecule has 1 aromatic carbocycles. The molecule has 0 aromatic heterocycles. The van der Waals surface area contributed by atoms with Crippen molar-refractivity contribution in [3.63, 3.8) is 0 Å². The lowest BCUT2D eigenvalue weighted by molar-refractivity contribution is -0.0644. The van der Waals surface area contributed by atoms with E-state index in [-0.39, 0.29) is 11.8 Å². The van der Waals surface area contributed by atoms with Gasteiger partial charge in [0.1, 0.15) is 0 Å². The van der Waals surface area contributed by atoms with Crippen molar-refractivity contribution in [3.05, 3.63) is 24.3 Å². The fourth-order valence-corrected chi connectivity index (χ4v) is 4.94. The van der Waals surface area contributed by atoms with Crippen LogP contribution in [0.1, 0.15) is 20.3 Å². The molecule has 118 valence electrons. The maximum absolute atomic E-state index is 12.0. The van der Waals surface area contributed by atoms with E-state index in [0.29, 0.717) is 17.9 Å². The Hall–Kier alpha value is -0.760. The second-order valence-electron chi connectivity index (χ2n) is 5.98. The maximum atomic E-state index is 12.0. The van der Waals surface area contributed by atoms with Crippen molar-refractivity contribution >= 4 is 27.5 Å². The number of thioether (sulfide) groups is 1. The number of nitrogen functional groups attached to an aromatic ring is 1. The Balaban J connectivity index is 1.81. The Morgan fingerprint density at radius 3 is 2.52 bits per heavy atom. The lowest BCUT2D eigenvalue weighted by atomic mass is 9.65. The number of hydrogen-bond acceptors (Lipinski definition) is 5. The van der Waals surface area contributed by atoms with E-state index < -0.39 is 21.5 Å². The van der Waals surface area contributed by atoms with E-state index in [9.17, 15) is 13.5 Å². The minimum Gasteiger partial charge on any atom is -0.399 e. The van der Waals surface area contributed by atoms with Gasteiger partial charge in [0.25, 0.3) is 0 Å². The Morgan fingerprint density at radius 1 is 1.38 bits per heavy atom. The van der Waals surface area contributed by atoms with Crippen molar-refractivity contribution in [2.75, 3.05) is 17.2 Å². The first kappa shape index (κ1) is 16.6. The standard InChI is InChI=1S/C14H22N2O3S2/c1-14(2)12(9-13(14)17)16-21(18,19)8-7-20-11-5-3-10(15)4-6-11/h3-6,12-13,16-17H,7-9,15H2,1-2H3. The molecule has 2 atom stereocenters. The van der Waals surface area contributed by atoms with Gasteiger partial charge in [-0.25, -0.2) is 13.1 Å². The SMILES string of the molecule is CC1(C)C(O)CC1NS(=O)(=O)CCSc1ccc(N)cc1. The number of aliphatic hydroxyl groups is 1. The van der Waals surface area contributed by atoms with E-state index >= 15 is 0 Å². The summed E-state index contributed by atoms with van der Waals surface area (Å²) in [7, 11) is -3.32. The van der Waals surface area contributed by atoms with E-state index in [1.807, 2.05) is 26.0 Å². The third-order valence-electron chi connectivity index (χ3n) is 4.04. The summed E-state index contributed by atoms with van der Waals surface area (Å²) in [5.74, 6) is 0.541. The highest BCUT2D eigenvalue weighted by Gasteiger charge is 2.48. The van der Waals surface area contributed by atoms with Crippen LogP contribution < -0.4 is 10.5 Å². The normalized spacial score (nSPS) is 24.5. The Labute approximate surface area is 130 Å². The highest BCUT2D eigenvalue weighted by Crippen LogP contribution is 2.40. The first-order valence-electron chi connectivity index (χ1n) is 6.87. The summed E-state index contributed by atoms with van der Waals surface area (Å²) in [6, 6.07) is 7.18. The van der Waals surface area contributed by atoms with Gasteiger partial charge in [-0.05, 0) is 30.7 Å². The van der Waals surface area contributed by atoms with Crippen molar-refractivity contribution in [3.8, 4) is 0 Å². The van der Waals surface area contributed by atoms with E-state index in [4.69, 9.17) is 5.73 Å². The van der Waals surface area contributed by atoms with Gasteiger partial charge in [0.2, 0.25) is 10.0 Å². The van der Waals surface area contributed by atoms with E-state index in [1.165, 1.54) is 11.8 Å². The average Bonchev–Trinajstić information content (AvgIpc) is 2.40. The van der Waals surface area contributed by atoms with Crippen LogP contribution in [0.25, 0.3) is 0 Å². The van der Waals surface area contributed by atoms with Crippen molar-refractivity contribution < 1.29 is 13.5 Å². The van der Waals surface area contributed by atoms with E-state index in [2.05, 4.69) is 4.72 Å². The van der Waals surface area contributed by atoms with Crippen molar-refractivity contribution in [1.82, 2.24) is 4.72 Å². The number of sulfonamides is 1. The molecular weight excluding hydrogens is 308 g/mol. The second-order valence-corrected chi connectivity index (χ2v) is 9.02. The molecule has 1 saturated carbocycles. The van der Waals surface area contributed by atoms with Crippen molar-refractivity contribution in [2.24, 2.45) is 5.41 Å². The topological polar surface area (TPSA) is 92.4 Å². The number of aliphatic hydroxyl groups excluding tert-OH is 1. The molecule has 0 saturated heterocycles. The largest absolute Gasteiger partial charge is 0.399 e. The van der Waals surface area contributed by atoms with Gasteiger partial charge >= 0.3 is 0 Å². The first-order valence-corrected chi connectivity index (χ1v) is 9.51. The minimum absolute atomic E-state index is 0.0602. The predicted octanol–water partition coefficient (Wildman–Crippen LogP) is 1.44. The fraction of sp³-hybridized carbons (Fsp3) is 0.571. The minimum atomic E-state index is -3.32. The van der Waals surface area contributed by atoms with Gasteiger partial charge in [-0.2, -0.15) is 0 Å². The third-order valence-corrected chi connectivity index (χ3v) is 6.70. The molecule has 0 radical (unpaired) electrons. The highest BCUT2D eigenvalue weighted by molar-refractivity contribution is 8.00. The molecule has 1 aliphatic rings. The van der Waals surface area contributed by atoms with Crippen molar-refractivity contribution in [2.45, 2.75) is 37.3 Å². The Kier molecular flexibility index (Phi) is 4.87. The molecule has 5 nitrogen and oxygen atoms in total. The molecule has 0 amide bonds. The highest BCUT2D eigenvalue weighted by atomic mass is 32.2.